The molecule has 2 heteroatoms. The van der Waals surface area contributed by atoms with Crippen molar-refractivity contribution >= 4 is 0 Å². The van der Waals surface area contributed by atoms with E-state index in [9.17, 15) is 0 Å². The highest BCUT2D eigenvalue weighted by molar-refractivity contribution is 4.93. The standard InChI is InChI=1S/C17H32O2/c1-5-14(6-2)17(4)9-7-15-13(3)8-10-18-12-19-16(15)11-17/h13-16H,5-12H2,1-4H3. The van der Waals surface area contributed by atoms with Crippen LogP contribution in [0.15, 0.2) is 0 Å². The maximum Gasteiger partial charge on any atom is 0.147 e. The minimum absolute atomic E-state index is 0.426. The molecule has 1 saturated carbocycles. The molecule has 1 aliphatic heterocycles. The minimum Gasteiger partial charge on any atom is -0.355 e. The zero-order valence-corrected chi connectivity index (χ0v) is 13.3. The molecule has 0 N–H and O–H groups in total. The van der Waals surface area contributed by atoms with Gasteiger partial charge in [-0.05, 0) is 48.9 Å². The molecular weight excluding hydrogens is 236 g/mol. The molecule has 2 aliphatic rings. The number of hydrogen-bond acceptors (Lipinski definition) is 2. The van der Waals surface area contributed by atoms with Gasteiger partial charge in [-0.2, -0.15) is 0 Å². The molecule has 0 aromatic rings. The van der Waals surface area contributed by atoms with Gasteiger partial charge in [-0.1, -0.05) is 40.5 Å². The van der Waals surface area contributed by atoms with Crippen LogP contribution in [0.2, 0.25) is 0 Å². The second-order valence-corrected chi connectivity index (χ2v) is 7.07. The van der Waals surface area contributed by atoms with E-state index in [2.05, 4.69) is 27.7 Å². The van der Waals surface area contributed by atoms with Crippen molar-refractivity contribution in [2.75, 3.05) is 13.4 Å². The Hall–Kier alpha value is -0.0800. The smallest absolute Gasteiger partial charge is 0.147 e. The lowest BCUT2D eigenvalue weighted by molar-refractivity contribution is -0.163. The largest absolute Gasteiger partial charge is 0.355 e. The third kappa shape index (κ3) is 3.33. The molecule has 0 radical (unpaired) electrons. The van der Waals surface area contributed by atoms with Gasteiger partial charge in [-0.25, -0.2) is 0 Å². The van der Waals surface area contributed by atoms with Gasteiger partial charge in [0.25, 0.3) is 0 Å². The number of hydrogen-bond donors (Lipinski definition) is 0. The molecule has 0 aromatic carbocycles. The van der Waals surface area contributed by atoms with E-state index in [1.54, 1.807) is 0 Å². The second-order valence-electron chi connectivity index (χ2n) is 7.07. The molecule has 0 spiro atoms. The Kier molecular flexibility index (Phi) is 5.30. The van der Waals surface area contributed by atoms with Gasteiger partial charge < -0.3 is 9.47 Å². The number of rotatable bonds is 3. The van der Waals surface area contributed by atoms with E-state index in [0.717, 1.165) is 24.4 Å². The van der Waals surface area contributed by atoms with Gasteiger partial charge in [0.15, 0.2) is 0 Å². The van der Waals surface area contributed by atoms with Crippen LogP contribution < -0.4 is 0 Å². The molecule has 19 heavy (non-hydrogen) atoms. The van der Waals surface area contributed by atoms with Crippen LogP contribution in [0.25, 0.3) is 0 Å². The second kappa shape index (κ2) is 6.58. The Balaban J connectivity index is 2.07. The lowest BCUT2D eigenvalue weighted by atomic mass is 9.60. The predicted molar refractivity (Wildman–Crippen MR) is 79.0 cm³/mol. The zero-order valence-electron chi connectivity index (χ0n) is 13.3. The molecule has 1 saturated heterocycles. The van der Waals surface area contributed by atoms with Crippen LogP contribution in [-0.4, -0.2) is 19.5 Å². The summed E-state index contributed by atoms with van der Waals surface area (Å²) >= 11 is 0. The van der Waals surface area contributed by atoms with Crippen LogP contribution in [0.4, 0.5) is 0 Å². The van der Waals surface area contributed by atoms with E-state index >= 15 is 0 Å². The van der Waals surface area contributed by atoms with Crippen molar-refractivity contribution < 1.29 is 9.47 Å². The highest BCUT2D eigenvalue weighted by atomic mass is 16.7. The summed E-state index contributed by atoms with van der Waals surface area (Å²) < 4.78 is 11.6. The van der Waals surface area contributed by atoms with E-state index < -0.39 is 0 Å². The lowest BCUT2D eigenvalue weighted by Crippen LogP contribution is -2.44. The Morgan fingerprint density at radius 1 is 1.21 bits per heavy atom. The molecule has 112 valence electrons. The fraction of sp³-hybridized carbons (Fsp3) is 1.00. The maximum absolute atomic E-state index is 6.07. The Morgan fingerprint density at radius 2 is 1.95 bits per heavy atom. The quantitative estimate of drug-likeness (QED) is 0.743. The first-order chi connectivity index (χ1) is 9.10. The van der Waals surface area contributed by atoms with Gasteiger partial charge in [-0.3, -0.25) is 0 Å². The average Bonchev–Trinajstić information content (AvgIpc) is 2.37. The summed E-state index contributed by atoms with van der Waals surface area (Å²) in [5.41, 5.74) is 0.476. The number of fused-ring (bicyclic) bond motifs is 1. The third-order valence-electron chi connectivity index (χ3n) is 5.98. The summed E-state index contributed by atoms with van der Waals surface area (Å²) in [6.07, 6.45) is 8.19. The molecule has 4 atom stereocenters. The fourth-order valence-electron chi connectivity index (χ4n) is 4.55. The fourth-order valence-corrected chi connectivity index (χ4v) is 4.55. The molecule has 4 unspecified atom stereocenters. The SMILES string of the molecule is CCC(CC)C1(C)CCC2C(C)CCOCOC2C1. The van der Waals surface area contributed by atoms with Gasteiger partial charge in [0.1, 0.15) is 6.79 Å². The van der Waals surface area contributed by atoms with Crippen LogP contribution in [0.5, 0.6) is 0 Å². The highest BCUT2D eigenvalue weighted by Gasteiger charge is 2.43. The molecule has 2 nitrogen and oxygen atoms in total. The van der Waals surface area contributed by atoms with Crippen molar-refractivity contribution in [1.82, 2.24) is 0 Å². The summed E-state index contributed by atoms with van der Waals surface area (Å²) in [4.78, 5) is 0. The van der Waals surface area contributed by atoms with Crippen LogP contribution in [-0.2, 0) is 9.47 Å². The topological polar surface area (TPSA) is 18.5 Å². The van der Waals surface area contributed by atoms with E-state index in [1.807, 2.05) is 0 Å². The minimum atomic E-state index is 0.426. The summed E-state index contributed by atoms with van der Waals surface area (Å²) in [7, 11) is 0. The van der Waals surface area contributed by atoms with Crippen molar-refractivity contribution in [2.45, 2.75) is 72.3 Å². The lowest BCUT2D eigenvalue weighted by Gasteiger charge is -2.48. The first-order valence-corrected chi connectivity index (χ1v) is 8.30. The van der Waals surface area contributed by atoms with Crippen LogP contribution in [0.3, 0.4) is 0 Å². The molecule has 2 fully saturated rings. The Labute approximate surface area is 119 Å². The van der Waals surface area contributed by atoms with Crippen LogP contribution in [0.1, 0.15) is 66.2 Å². The normalized spacial score (nSPS) is 40.6. The van der Waals surface area contributed by atoms with Crippen LogP contribution in [0, 0.1) is 23.2 Å². The van der Waals surface area contributed by atoms with E-state index in [0.29, 0.717) is 18.3 Å². The summed E-state index contributed by atoms with van der Waals surface area (Å²) in [6.45, 7) is 10.9. The summed E-state index contributed by atoms with van der Waals surface area (Å²) in [5, 5.41) is 0. The molecule has 0 amide bonds. The predicted octanol–water partition coefficient (Wildman–Crippen LogP) is 4.63. The van der Waals surface area contributed by atoms with Gasteiger partial charge in [0, 0.05) is 6.61 Å². The zero-order chi connectivity index (χ0) is 13.9. The van der Waals surface area contributed by atoms with Gasteiger partial charge >= 0.3 is 0 Å². The van der Waals surface area contributed by atoms with Crippen molar-refractivity contribution in [3.05, 3.63) is 0 Å². The molecular formula is C17H32O2. The van der Waals surface area contributed by atoms with Gasteiger partial charge in [0.2, 0.25) is 0 Å². The Bertz CT molecular complexity index is 274. The van der Waals surface area contributed by atoms with Gasteiger partial charge in [0.05, 0.1) is 6.10 Å². The van der Waals surface area contributed by atoms with Crippen molar-refractivity contribution in [1.29, 1.82) is 0 Å². The van der Waals surface area contributed by atoms with E-state index in [1.165, 1.54) is 38.5 Å². The maximum atomic E-state index is 6.07. The first-order valence-electron chi connectivity index (χ1n) is 8.30. The van der Waals surface area contributed by atoms with Crippen molar-refractivity contribution in [3.8, 4) is 0 Å². The number of ether oxygens (including phenoxy) is 2. The monoisotopic (exact) mass is 268 g/mol. The summed E-state index contributed by atoms with van der Waals surface area (Å²) in [5.74, 6) is 2.35. The van der Waals surface area contributed by atoms with Crippen LogP contribution >= 0.6 is 0 Å². The third-order valence-corrected chi connectivity index (χ3v) is 5.98. The molecule has 1 aliphatic carbocycles. The molecule has 0 aromatic heterocycles. The van der Waals surface area contributed by atoms with Gasteiger partial charge in [-0.15, -0.1) is 0 Å². The Morgan fingerprint density at radius 3 is 2.63 bits per heavy atom. The molecule has 0 bridgehead atoms. The first kappa shape index (κ1) is 15.3. The van der Waals surface area contributed by atoms with Crippen molar-refractivity contribution in [2.24, 2.45) is 23.2 Å². The summed E-state index contributed by atoms with van der Waals surface area (Å²) in [6, 6.07) is 0. The molecule has 2 rings (SSSR count). The molecule has 1 heterocycles. The van der Waals surface area contributed by atoms with E-state index in [-0.39, 0.29) is 0 Å². The van der Waals surface area contributed by atoms with E-state index in [4.69, 9.17) is 9.47 Å². The highest BCUT2D eigenvalue weighted by Crippen LogP contribution is 2.49. The average molecular weight is 268 g/mol. The van der Waals surface area contributed by atoms with Crippen molar-refractivity contribution in [3.63, 3.8) is 0 Å².